The number of rotatable bonds is 4. The number of hydrogen-bond donors (Lipinski definition) is 0. The fourth-order valence-electron chi connectivity index (χ4n) is 4.78. The largest absolute Gasteiger partial charge is 0.479 e. The van der Waals surface area contributed by atoms with Crippen molar-refractivity contribution in [2.75, 3.05) is 20.2 Å². The van der Waals surface area contributed by atoms with Gasteiger partial charge in [-0.25, -0.2) is 9.97 Å². The molecule has 6 nitrogen and oxygen atoms in total. The molecule has 178 valence electrons. The maximum absolute atomic E-state index is 13.8. The second kappa shape index (κ2) is 8.61. The smallest absolute Gasteiger partial charge is 0.416 e. The highest BCUT2D eigenvalue weighted by molar-refractivity contribution is 6.30. The molecule has 0 spiro atoms. The van der Waals surface area contributed by atoms with Gasteiger partial charge in [0.1, 0.15) is 17.6 Å². The summed E-state index contributed by atoms with van der Waals surface area (Å²) in [7, 11) is 1.55. The summed E-state index contributed by atoms with van der Waals surface area (Å²) in [5.41, 5.74) is 1.86. The minimum atomic E-state index is -4.49. The Morgan fingerprint density at radius 1 is 1.18 bits per heavy atom. The van der Waals surface area contributed by atoms with E-state index in [1.165, 1.54) is 12.1 Å². The number of aliphatic imine (C=N–C) groups is 1. The molecule has 2 aliphatic rings. The van der Waals surface area contributed by atoms with Crippen LogP contribution in [0.15, 0.2) is 47.8 Å². The molecule has 0 radical (unpaired) electrons. The number of pyridine rings is 1. The van der Waals surface area contributed by atoms with Crippen LogP contribution in [0.3, 0.4) is 0 Å². The molecule has 0 aliphatic carbocycles. The summed E-state index contributed by atoms with van der Waals surface area (Å²) in [5.74, 6) is 0.676. The van der Waals surface area contributed by atoms with Gasteiger partial charge in [-0.2, -0.15) is 13.2 Å². The van der Waals surface area contributed by atoms with E-state index in [-0.39, 0.29) is 16.6 Å². The van der Waals surface area contributed by atoms with Gasteiger partial charge >= 0.3 is 6.18 Å². The lowest BCUT2D eigenvalue weighted by Crippen LogP contribution is -2.38. The number of piperidine rings is 1. The molecule has 2 aromatic heterocycles. The van der Waals surface area contributed by atoms with Crippen molar-refractivity contribution in [1.82, 2.24) is 19.4 Å². The molecule has 1 unspecified atom stereocenters. The van der Waals surface area contributed by atoms with Crippen molar-refractivity contribution in [1.29, 1.82) is 0 Å². The number of halogens is 4. The van der Waals surface area contributed by atoms with E-state index in [0.29, 0.717) is 30.4 Å². The lowest BCUT2D eigenvalue weighted by atomic mass is 9.86. The predicted octanol–water partition coefficient (Wildman–Crippen LogP) is 5.59. The molecule has 5 rings (SSSR count). The zero-order chi connectivity index (χ0) is 24.0. The summed E-state index contributed by atoms with van der Waals surface area (Å²) in [6.45, 7) is 3.22. The average molecular weight is 490 g/mol. The van der Waals surface area contributed by atoms with Crippen molar-refractivity contribution in [3.63, 3.8) is 0 Å². The first kappa shape index (κ1) is 22.7. The maximum atomic E-state index is 13.8. The summed E-state index contributed by atoms with van der Waals surface area (Å²) in [6.07, 6.45) is 0.468. The number of aromatic nitrogens is 3. The Labute approximate surface area is 200 Å². The Morgan fingerprint density at radius 2 is 2.00 bits per heavy atom. The van der Waals surface area contributed by atoms with Crippen molar-refractivity contribution in [3.05, 3.63) is 70.4 Å². The van der Waals surface area contributed by atoms with Gasteiger partial charge in [-0.15, -0.1) is 0 Å². The van der Waals surface area contributed by atoms with Gasteiger partial charge in [0.25, 0.3) is 0 Å². The fourth-order valence-corrected chi connectivity index (χ4v) is 4.95. The standard InChI is InChI=1S/C24H23ClF3N5O/c1-14-11-33(13-29-14)21-8-7-19(31-23(21)34-2)20-12-32-9-3-4-17(22(32)30-20)16-6-5-15(25)10-18(16)24(26,27)28/h5-8,10-11,13,17,20H,3-4,9,12H2,1-2H3/t17-,20?/m0/s1. The maximum Gasteiger partial charge on any atom is 0.416 e. The van der Waals surface area contributed by atoms with E-state index in [4.69, 9.17) is 21.3 Å². The number of nitrogens with zero attached hydrogens (tertiary/aromatic N) is 5. The lowest BCUT2D eigenvalue weighted by molar-refractivity contribution is -0.138. The molecule has 0 N–H and O–H groups in total. The Balaban J connectivity index is 1.50. The van der Waals surface area contributed by atoms with Crippen molar-refractivity contribution in [2.24, 2.45) is 4.99 Å². The molecule has 0 bridgehead atoms. The number of ether oxygens (including phenoxy) is 1. The van der Waals surface area contributed by atoms with Gasteiger partial charge in [-0.1, -0.05) is 17.7 Å². The summed E-state index contributed by atoms with van der Waals surface area (Å²) in [5, 5.41) is 0.0689. The van der Waals surface area contributed by atoms with E-state index >= 15 is 0 Å². The Kier molecular flexibility index (Phi) is 5.75. The monoisotopic (exact) mass is 489 g/mol. The first-order chi connectivity index (χ1) is 16.2. The number of imidazole rings is 1. The van der Waals surface area contributed by atoms with Gasteiger partial charge in [0, 0.05) is 30.2 Å². The van der Waals surface area contributed by atoms with Crippen LogP contribution in [0, 0.1) is 6.92 Å². The molecule has 0 amide bonds. The SMILES string of the molecule is COc1nc(C2CN3CCC[C@@H](c4ccc(Cl)cc4C(F)(F)F)C3=N2)ccc1-n1cnc(C)c1. The van der Waals surface area contributed by atoms with Crippen LogP contribution in [0.5, 0.6) is 5.88 Å². The normalized spacial score (nSPS) is 20.3. The van der Waals surface area contributed by atoms with Gasteiger partial charge in [-0.3, -0.25) is 4.99 Å². The first-order valence-electron chi connectivity index (χ1n) is 11.0. The van der Waals surface area contributed by atoms with Crippen LogP contribution in [0.25, 0.3) is 5.69 Å². The summed E-state index contributed by atoms with van der Waals surface area (Å²) >= 11 is 5.90. The number of hydrogen-bond acceptors (Lipinski definition) is 5. The third kappa shape index (κ3) is 4.13. The van der Waals surface area contributed by atoms with Crippen LogP contribution in [-0.2, 0) is 6.18 Å². The van der Waals surface area contributed by atoms with Crippen molar-refractivity contribution in [2.45, 2.75) is 37.9 Å². The van der Waals surface area contributed by atoms with E-state index in [1.54, 1.807) is 13.4 Å². The minimum Gasteiger partial charge on any atom is -0.479 e. The number of aryl methyl sites for hydroxylation is 1. The number of benzene rings is 1. The predicted molar refractivity (Wildman–Crippen MR) is 123 cm³/mol. The number of amidine groups is 1. The molecule has 2 aliphatic heterocycles. The first-order valence-corrected chi connectivity index (χ1v) is 11.4. The zero-order valence-electron chi connectivity index (χ0n) is 18.7. The van der Waals surface area contributed by atoms with E-state index in [2.05, 4.69) is 14.9 Å². The van der Waals surface area contributed by atoms with Crippen LogP contribution in [-0.4, -0.2) is 45.5 Å². The van der Waals surface area contributed by atoms with E-state index < -0.39 is 17.7 Å². The molecule has 2 atom stereocenters. The molecule has 1 fully saturated rings. The van der Waals surface area contributed by atoms with Gasteiger partial charge in [0.05, 0.1) is 30.4 Å². The molecular formula is C24H23ClF3N5O. The van der Waals surface area contributed by atoms with Crippen LogP contribution < -0.4 is 4.74 Å². The van der Waals surface area contributed by atoms with Crippen LogP contribution in [0.2, 0.25) is 5.02 Å². The molecule has 1 saturated heterocycles. The Bertz CT molecular complexity index is 1260. The fraction of sp³-hybridized carbons (Fsp3) is 0.375. The Hall–Kier alpha value is -3.07. The number of alkyl halides is 3. The highest BCUT2D eigenvalue weighted by Gasteiger charge is 2.41. The number of methoxy groups -OCH3 is 1. The van der Waals surface area contributed by atoms with Gasteiger partial charge in [-0.05, 0) is 49.6 Å². The van der Waals surface area contributed by atoms with Crippen molar-refractivity contribution in [3.8, 4) is 11.6 Å². The van der Waals surface area contributed by atoms with Crippen LogP contribution in [0.1, 0.15) is 47.3 Å². The second-order valence-electron chi connectivity index (χ2n) is 8.56. The van der Waals surface area contributed by atoms with Gasteiger partial charge in [0.15, 0.2) is 0 Å². The van der Waals surface area contributed by atoms with Crippen molar-refractivity contribution >= 4 is 17.4 Å². The van der Waals surface area contributed by atoms with Crippen LogP contribution in [0.4, 0.5) is 13.2 Å². The molecule has 3 aromatic rings. The topological polar surface area (TPSA) is 55.5 Å². The van der Waals surface area contributed by atoms with Crippen LogP contribution >= 0.6 is 11.6 Å². The third-order valence-electron chi connectivity index (χ3n) is 6.32. The van der Waals surface area contributed by atoms with E-state index in [0.717, 1.165) is 30.4 Å². The quantitative estimate of drug-likeness (QED) is 0.479. The summed E-state index contributed by atoms with van der Waals surface area (Å²) in [4.78, 5) is 15.9. The van der Waals surface area contributed by atoms with E-state index in [1.807, 2.05) is 29.8 Å². The zero-order valence-corrected chi connectivity index (χ0v) is 19.4. The third-order valence-corrected chi connectivity index (χ3v) is 6.56. The number of fused-ring (bicyclic) bond motifs is 1. The molecule has 1 aromatic carbocycles. The molecule has 34 heavy (non-hydrogen) atoms. The molecular weight excluding hydrogens is 467 g/mol. The highest BCUT2D eigenvalue weighted by atomic mass is 35.5. The van der Waals surface area contributed by atoms with E-state index in [9.17, 15) is 13.2 Å². The lowest BCUT2D eigenvalue weighted by Gasteiger charge is -2.33. The minimum absolute atomic E-state index is 0.0689. The summed E-state index contributed by atoms with van der Waals surface area (Å²) in [6, 6.07) is 7.51. The molecule has 10 heteroatoms. The summed E-state index contributed by atoms with van der Waals surface area (Å²) < 4.78 is 48.7. The second-order valence-corrected chi connectivity index (χ2v) is 9.00. The molecule has 0 saturated carbocycles. The van der Waals surface area contributed by atoms with Crippen molar-refractivity contribution < 1.29 is 17.9 Å². The average Bonchev–Trinajstić information content (AvgIpc) is 3.44. The van der Waals surface area contributed by atoms with Gasteiger partial charge < -0.3 is 14.2 Å². The molecule has 4 heterocycles. The Morgan fingerprint density at radius 3 is 2.71 bits per heavy atom. The highest BCUT2D eigenvalue weighted by Crippen LogP contribution is 2.42. The van der Waals surface area contributed by atoms with Gasteiger partial charge in [0.2, 0.25) is 5.88 Å².